The topological polar surface area (TPSA) is 75.2 Å². The van der Waals surface area contributed by atoms with Gasteiger partial charge < -0.3 is 4.90 Å². The van der Waals surface area contributed by atoms with Crippen molar-refractivity contribution >= 4 is 17.8 Å². The second-order valence-corrected chi connectivity index (χ2v) is 5.45. The molecule has 0 aromatic carbocycles. The van der Waals surface area contributed by atoms with Crippen molar-refractivity contribution in [2.75, 3.05) is 11.9 Å². The number of hydrogen-bond donors (Lipinski definition) is 1. The van der Waals surface area contributed by atoms with Crippen LogP contribution in [0.15, 0.2) is 18.5 Å². The Morgan fingerprint density at radius 3 is 2.65 bits per heavy atom. The molecule has 2 fully saturated rings. The third-order valence-corrected chi connectivity index (χ3v) is 4.10. The van der Waals surface area contributed by atoms with Crippen molar-refractivity contribution in [3.63, 3.8) is 0 Å². The number of nitrogens with zero attached hydrogens (tertiary/aromatic N) is 3. The molecule has 1 aromatic rings. The fourth-order valence-corrected chi connectivity index (χ4v) is 3.05. The van der Waals surface area contributed by atoms with Crippen LogP contribution in [0.4, 0.5) is 5.95 Å². The molecule has 1 aromatic heterocycles. The highest BCUT2D eigenvalue weighted by atomic mass is 16.2. The molecule has 1 unspecified atom stereocenters. The summed E-state index contributed by atoms with van der Waals surface area (Å²) < 4.78 is 0. The molecule has 20 heavy (non-hydrogen) atoms. The van der Waals surface area contributed by atoms with Crippen LogP contribution in [-0.4, -0.2) is 39.3 Å². The normalized spacial score (nSPS) is 23.3. The lowest BCUT2D eigenvalue weighted by Gasteiger charge is -2.23. The van der Waals surface area contributed by atoms with E-state index in [4.69, 9.17) is 0 Å². The van der Waals surface area contributed by atoms with Crippen LogP contribution in [0, 0.1) is 5.92 Å². The van der Waals surface area contributed by atoms with E-state index in [1.165, 1.54) is 12.8 Å². The number of likely N-dealkylation sites (tertiary alicyclic amines) is 1. The van der Waals surface area contributed by atoms with E-state index in [1.54, 1.807) is 18.5 Å². The van der Waals surface area contributed by atoms with Gasteiger partial charge in [0.1, 0.15) is 0 Å². The van der Waals surface area contributed by atoms with Crippen molar-refractivity contribution in [2.45, 2.75) is 38.1 Å². The molecule has 6 nitrogen and oxygen atoms in total. The van der Waals surface area contributed by atoms with Crippen molar-refractivity contribution in [3.8, 4) is 0 Å². The van der Waals surface area contributed by atoms with Gasteiger partial charge in [-0.2, -0.15) is 0 Å². The van der Waals surface area contributed by atoms with Crippen LogP contribution in [0.25, 0.3) is 0 Å². The van der Waals surface area contributed by atoms with Gasteiger partial charge >= 0.3 is 0 Å². The number of carbonyl (C=O) groups excluding carboxylic acids is 2. The second kappa shape index (κ2) is 5.56. The van der Waals surface area contributed by atoms with Gasteiger partial charge in [0, 0.05) is 31.4 Å². The Bertz CT molecular complexity index is 499. The summed E-state index contributed by atoms with van der Waals surface area (Å²) in [6.45, 7) is 0.530. The van der Waals surface area contributed by atoms with E-state index < -0.39 is 0 Å². The summed E-state index contributed by atoms with van der Waals surface area (Å²) in [6.07, 6.45) is 7.96. The number of aromatic nitrogens is 2. The number of rotatable bonds is 3. The number of nitrogens with one attached hydrogen (secondary N) is 1. The van der Waals surface area contributed by atoms with Gasteiger partial charge in [0.05, 0.1) is 5.92 Å². The van der Waals surface area contributed by atoms with Crippen LogP contribution in [0.5, 0.6) is 0 Å². The summed E-state index contributed by atoms with van der Waals surface area (Å²) in [6, 6.07) is 2.03. The van der Waals surface area contributed by atoms with Gasteiger partial charge in [-0.25, -0.2) is 9.97 Å². The zero-order chi connectivity index (χ0) is 13.9. The quantitative estimate of drug-likeness (QED) is 0.899. The van der Waals surface area contributed by atoms with Gasteiger partial charge in [-0.15, -0.1) is 0 Å². The largest absolute Gasteiger partial charge is 0.339 e. The Labute approximate surface area is 117 Å². The van der Waals surface area contributed by atoms with Crippen LogP contribution < -0.4 is 5.32 Å². The van der Waals surface area contributed by atoms with E-state index >= 15 is 0 Å². The van der Waals surface area contributed by atoms with Crippen molar-refractivity contribution in [2.24, 2.45) is 5.92 Å². The van der Waals surface area contributed by atoms with E-state index in [0.29, 0.717) is 25.0 Å². The SMILES string of the molecule is O=C(Nc1ncccn1)C1CC(=O)N(C2CCCC2)C1. The van der Waals surface area contributed by atoms with Gasteiger partial charge in [0.2, 0.25) is 17.8 Å². The molecule has 1 N–H and O–H groups in total. The lowest BCUT2D eigenvalue weighted by atomic mass is 10.1. The zero-order valence-corrected chi connectivity index (χ0v) is 11.3. The molecule has 3 rings (SSSR count). The summed E-state index contributed by atoms with van der Waals surface area (Å²) in [4.78, 5) is 34.0. The second-order valence-electron chi connectivity index (χ2n) is 5.45. The molecule has 0 bridgehead atoms. The van der Waals surface area contributed by atoms with Gasteiger partial charge in [-0.1, -0.05) is 12.8 Å². The number of hydrogen-bond acceptors (Lipinski definition) is 4. The van der Waals surface area contributed by atoms with E-state index in [0.717, 1.165) is 12.8 Å². The highest BCUT2D eigenvalue weighted by molar-refractivity contribution is 5.96. The molecule has 1 saturated heterocycles. The third-order valence-electron chi connectivity index (χ3n) is 4.10. The van der Waals surface area contributed by atoms with Crippen LogP contribution in [-0.2, 0) is 9.59 Å². The third kappa shape index (κ3) is 2.64. The Balaban J connectivity index is 1.61. The van der Waals surface area contributed by atoms with Gasteiger partial charge in [0.25, 0.3) is 0 Å². The minimum Gasteiger partial charge on any atom is -0.339 e. The first-order valence-corrected chi connectivity index (χ1v) is 7.11. The van der Waals surface area contributed by atoms with Crippen molar-refractivity contribution in [1.82, 2.24) is 14.9 Å². The summed E-state index contributed by atoms with van der Waals surface area (Å²) in [5.41, 5.74) is 0. The molecule has 1 aliphatic heterocycles. The lowest BCUT2D eigenvalue weighted by molar-refractivity contribution is -0.129. The molecule has 2 amide bonds. The zero-order valence-electron chi connectivity index (χ0n) is 11.3. The number of amides is 2. The van der Waals surface area contributed by atoms with Gasteiger partial charge in [-0.05, 0) is 18.9 Å². The maximum absolute atomic E-state index is 12.2. The molecule has 0 spiro atoms. The Hall–Kier alpha value is -1.98. The molecular formula is C14H18N4O2. The fourth-order valence-electron chi connectivity index (χ4n) is 3.05. The molecule has 6 heteroatoms. The first-order valence-electron chi connectivity index (χ1n) is 7.11. The average Bonchev–Trinajstić information content (AvgIpc) is 3.08. The molecule has 1 atom stereocenters. The number of anilines is 1. The smallest absolute Gasteiger partial charge is 0.232 e. The molecule has 2 aliphatic rings. The first-order chi connectivity index (χ1) is 9.74. The maximum atomic E-state index is 12.2. The molecular weight excluding hydrogens is 256 g/mol. The Morgan fingerprint density at radius 2 is 1.95 bits per heavy atom. The van der Waals surface area contributed by atoms with Gasteiger partial charge in [-0.3, -0.25) is 14.9 Å². The van der Waals surface area contributed by atoms with Gasteiger partial charge in [0.15, 0.2) is 0 Å². The van der Waals surface area contributed by atoms with E-state index in [9.17, 15) is 9.59 Å². The van der Waals surface area contributed by atoms with E-state index in [1.807, 2.05) is 4.90 Å². The minimum atomic E-state index is -0.285. The fraction of sp³-hybridized carbons (Fsp3) is 0.571. The van der Waals surface area contributed by atoms with E-state index in [2.05, 4.69) is 15.3 Å². The van der Waals surface area contributed by atoms with Crippen LogP contribution in [0.3, 0.4) is 0 Å². The predicted molar refractivity (Wildman–Crippen MR) is 72.7 cm³/mol. The maximum Gasteiger partial charge on any atom is 0.232 e. The van der Waals surface area contributed by atoms with Crippen molar-refractivity contribution in [1.29, 1.82) is 0 Å². The summed E-state index contributed by atoms with van der Waals surface area (Å²) >= 11 is 0. The van der Waals surface area contributed by atoms with Crippen LogP contribution >= 0.6 is 0 Å². The molecule has 1 aliphatic carbocycles. The highest BCUT2D eigenvalue weighted by Crippen LogP contribution is 2.29. The van der Waals surface area contributed by atoms with E-state index in [-0.39, 0.29) is 17.7 Å². The lowest BCUT2D eigenvalue weighted by Crippen LogP contribution is -2.35. The number of carbonyl (C=O) groups is 2. The Morgan fingerprint density at radius 1 is 1.25 bits per heavy atom. The summed E-state index contributed by atoms with van der Waals surface area (Å²) in [7, 11) is 0. The standard InChI is InChI=1S/C14H18N4O2/c19-12-8-10(9-18(12)11-4-1-2-5-11)13(20)17-14-15-6-3-7-16-14/h3,6-7,10-11H,1-2,4-5,8-9H2,(H,15,16,17,20). The molecule has 1 saturated carbocycles. The minimum absolute atomic E-state index is 0.103. The Kier molecular flexibility index (Phi) is 3.62. The summed E-state index contributed by atoms with van der Waals surface area (Å²) in [5.74, 6) is -0.0488. The monoisotopic (exact) mass is 274 g/mol. The highest BCUT2D eigenvalue weighted by Gasteiger charge is 2.38. The predicted octanol–water partition coefficient (Wildman–Crippen LogP) is 1.21. The van der Waals surface area contributed by atoms with Crippen LogP contribution in [0.1, 0.15) is 32.1 Å². The summed E-state index contributed by atoms with van der Waals surface area (Å²) in [5, 5.41) is 2.68. The van der Waals surface area contributed by atoms with Crippen LogP contribution in [0.2, 0.25) is 0 Å². The average molecular weight is 274 g/mol. The first kappa shape index (κ1) is 13.0. The molecule has 106 valence electrons. The van der Waals surface area contributed by atoms with Crippen molar-refractivity contribution < 1.29 is 9.59 Å². The molecule has 0 radical (unpaired) electrons. The van der Waals surface area contributed by atoms with Crippen molar-refractivity contribution in [3.05, 3.63) is 18.5 Å². The molecule has 2 heterocycles.